The first-order valence-corrected chi connectivity index (χ1v) is 8.02. The Hall–Kier alpha value is -1.27. The zero-order chi connectivity index (χ0) is 15.5. The van der Waals surface area contributed by atoms with Gasteiger partial charge in [-0.2, -0.15) is 0 Å². The third-order valence-corrected chi connectivity index (χ3v) is 5.42. The quantitative estimate of drug-likeness (QED) is 0.871. The number of carboxylic acid groups (broad SMARTS) is 1. The number of benzene rings is 1. The van der Waals surface area contributed by atoms with Crippen LogP contribution < -0.4 is 4.74 Å². The zero-order valence-electron chi connectivity index (χ0n) is 11.5. The van der Waals surface area contributed by atoms with Gasteiger partial charge in [0, 0.05) is 5.02 Å². The first-order chi connectivity index (χ1) is 9.25. The highest BCUT2D eigenvalue weighted by atomic mass is 35.5. The minimum Gasteiger partial charge on any atom is -0.494 e. The van der Waals surface area contributed by atoms with Crippen molar-refractivity contribution in [1.82, 2.24) is 0 Å². The van der Waals surface area contributed by atoms with Gasteiger partial charge in [-0.25, -0.2) is 13.2 Å². The first kappa shape index (κ1) is 16.8. The molecule has 0 heterocycles. The number of rotatable bonds is 6. The second-order valence-corrected chi connectivity index (χ2v) is 7.21. The Morgan fingerprint density at radius 3 is 2.50 bits per heavy atom. The molecule has 0 saturated heterocycles. The van der Waals surface area contributed by atoms with E-state index in [9.17, 15) is 13.2 Å². The summed E-state index contributed by atoms with van der Waals surface area (Å²) in [4.78, 5) is 11.0. The van der Waals surface area contributed by atoms with E-state index in [1.807, 2.05) is 6.92 Å². The molecule has 0 amide bonds. The molecule has 1 unspecified atom stereocenters. The van der Waals surface area contributed by atoms with E-state index in [4.69, 9.17) is 21.4 Å². The Balaban J connectivity index is 3.56. The number of carboxylic acids is 1. The van der Waals surface area contributed by atoms with Gasteiger partial charge in [0.25, 0.3) is 0 Å². The molecule has 0 aliphatic carbocycles. The van der Waals surface area contributed by atoms with Crippen LogP contribution in [0.25, 0.3) is 0 Å². The van der Waals surface area contributed by atoms with Crippen molar-refractivity contribution in [2.75, 3.05) is 7.11 Å². The fourth-order valence-electron chi connectivity index (χ4n) is 1.93. The lowest BCUT2D eigenvalue weighted by molar-refractivity contribution is 0.0693. The molecule has 0 spiro atoms. The van der Waals surface area contributed by atoms with Crippen LogP contribution in [0.3, 0.4) is 0 Å². The summed E-state index contributed by atoms with van der Waals surface area (Å²) in [6, 6.07) is 2.40. The average Bonchev–Trinajstić information content (AvgIpc) is 2.37. The first-order valence-electron chi connectivity index (χ1n) is 6.10. The number of sulfone groups is 1. The number of hydrogen-bond donors (Lipinski definition) is 1. The monoisotopic (exact) mass is 320 g/mol. The second kappa shape index (κ2) is 6.45. The molecule has 1 aromatic carbocycles. The van der Waals surface area contributed by atoms with E-state index in [1.165, 1.54) is 19.2 Å². The normalized spacial score (nSPS) is 13.0. The third kappa shape index (κ3) is 3.24. The van der Waals surface area contributed by atoms with Gasteiger partial charge in [-0.15, -0.1) is 0 Å². The van der Waals surface area contributed by atoms with Crippen molar-refractivity contribution in [3.8, 4) is 5.75 Å². The molecule has 0 aromatic heterocycles. The molecule has 20 heavy (non-hydrogen) atoms. The SMILES string of the molecule is CCCC(C)S(=O)(=O)c1cc(Cl)cc(C(=O)O)c1OC. The molecule has 112 valence electrons. The van der Waals surface area contributed by atoms with Crippen LogP contribution in [-0.4, -0.2) is 31.9 Å². The van der Waals surface area contributed by atoms with Gasteiger partial charge in [0.2, 0.25) is 0 Å². The van der Waals surface area contributed by atoms with Crippen molar-refractivity contribution in [2.45, 2.75) is 36.8 Å². The summed E-state index contributed by atoms with van der Waals surface area (Å²) in [6.07, 6.45) is 1.18. The smallest absolute Gasteiger partial charge is 0.339 e. The maximum atomic E-state index is 12.5. The molecule has 0 bridgehead atoms. The molecule has 1 aromatic rings. The fourth-order valence-corrected chi connectivity index (χ4v) is 3.93. The fraction of sp³-hybridized carbons (Fsp3) is 0.462. The minimum atomic E-state index is -3.70. The van der Waals surface area contributed by atoms with Crippen molar-refractivity contribution >= 4 is 27.4 Å². The molecule has 7 heteroatoms. The summed E-state index contributed by atoms with van der Waals surface area (Å²) in [5.41, 5.74) is -0.262. The number of carbonyl (C=O) groups is 1. The van der Waals surface area contributed by atoms with Crippen LogP contribution in [0.4, 0.5) is 0 Å². The standard InChI is InChI=1S/C13H17ClO5S/c1-4-5-8(2)20(17,18)11-7-9(14)6-10(13(15)16)12(11)19-3/h6-8H,4-5H2,1-3H3,(H,15,16). The van der Waals surface area contributed by atoms with Crippen molar-refractivity contribution < 1.29 is 23.1 Å². The maximum absolute atomic E-state index is 12.5. The van der Waals surface area contributed by atoms with E-state index >= 15 is 0 Å². The Kier molecular flexibility index (Phi) is 5.42. The van der Waals surface area contributed by atoms with Crippen molar-refractivity contribution in [1.29, 1.82) is 0 Å². The van der Waals surface area contributed by atoms with Gasteiger partial charge >= 0.3 is 5.97 Å². The highest BCUT2D eigenvalue weighted by molar-refractivity contribution is 7.92. The molecule has 0 fully saturated rings. The summed E-state index contributed by atoms with van der Waals surface area (Å²) < 4.78 is 30.0. The second-order valence-electron chi connectivity index (χ2n) is 4.43. The molecule has 0 radical (unpaired) electrons. The Morgan fingerprint density at radius 2 is 2.05 bits per heavy atom. The van der Waals surface area contributed by atoms with Crippen LogP contribution in [0.5, 0.6) is 5.75 Å². The van der Waals surface area contributed by atoms with Crippen molar-refractivity contribution in [2.24, 2.45) is 0 Å². The number of halogens is 1. The molecule has 1 N–H and O–H groups in total. The number of ether oxygens (including phenoxy) is 1. The average molecular weight is 321 g/mol. The minimum absolute atomic E-state index is 0.0467. The van der Waals surface area contributed by atoms with E-state index in [0.29, 0.717) is 12.8 Å². The lowest BCUT2D eigenvalue weighted by Gasteiger charge is -2.16. The van der Waals surface area contributed by atoms with Crippen molar-refractivity contribution in [3.05, 3.63) is 22.7 Å². The summed E-state index contributed by atoms with van der Waals surface area (Å²) in [5, 5.41) is 8.53. The number of hydrogen-bond acceptors (Lipinski definition) is 4. The van der Waals surface area contributed by atoms with E-state index in [1.54, 1.807) is 6.92 Å². The predicted octanol–water partition coefficient (Wildman–Crippen LogP) is 3.01. The number of aromatic carboxylic acids is 1. The largest absolute Gasteiger partial charge is 0.494 e. The van der Waals surface area contributed by atoms with Gasteiger partial charge < -0.3 is 9.84 Å². The zero-order valence-corrected chi connectivity index (χ0v) is 13.1. The Labute approximate surface area is 123 Å². The molecule has 5 nitrogen and oxygen atoms in total. The van der Waals surface area contributed by atoms with E-state index in [-0.39, 0.29) is 21.2 Å². The summed E-state index contributed by atoms with van der Waals surface area (Å²) in [7, 11) is -2.46. The van der Waals surface area contributed by atoms with E-state index in [2.05, 4.69) is 0 Å². The third-order valence-electron chi connectivity index (χ3n) is 2.99. The Bertz CT molecular complexity index is 609. The van der Waals surface area contributed by atoms with Gasteiger partial charge in [-0.1, -0.05) is 24.9 Å². The van der Waals surface area contributed by atoms with Gasteiger partial charge in [-0.3, -0.25) is 0 Å². The van der Waals surface area contributed by atoms with E-state index < -0.39 is 21.1 Å². The molecular weight excluding hydrogens is 304 g/mol. The molecule has 1 rings (SSSR count). The van der Waals surface area contributed by atoms with Gasteiger partial charge in [-0.05, 0) is 25.5 Å². The highest BCUT2D eigenvalue weighted by Crippen LogP contribution is 2.34. The topological polar surface area (TPSA) is 80.7 Å². The number of methoxy groups -OCH3 is 1. The lowest BCUT2D eigenvalue weighted by atomic mass is 10.2. The molecule has 0 aliphatic rings. The summed E-state index contributed by atoms with van der Waals surface area (Å²) >= 11 is 5.83. The maximum Gasteiger partial charge on any atom is 0.339 e. The van der Waals surface area contributed by atoms with Crippen LogP contribution >= 0.6 is 11.6 Å². The van der Waals surface area contributed by atoms with Crippen LogP contribution in [0.1, 0.15) is 37.0 Å². The molecular formula is C13H17ClO5S. The molecule has 0 saturated carbocycles. The van der Waals surface area contributed by atoms with Gasteiger partial charge in [0.05, 0.1) is 12.4 Å². The highest BCUT2D eigenvalue weighted by Gasteiger charge is 2.29. The van der Waals surface area contributed by atoms with Crippen LogP contribution in [0.15, 0.2) is 17.0 Å². The van der Waals surface area contributed by atoms with Crippen LogP contribution in [0.2, 0.25) is 5.02 Å². The Morgan fingerprint density at radius 1 is 1.45 bits per heavy atom. The van der Waals surface area contributed by atoms with Crippen LogP contribution in [-0.2, 0) is 9.84 Å². The predicted molar refractivity (Wildman–Crippen MR) is 76.5 cm³/mol. The molecule has 0 aliphatic heterocycles. The van der Waals surface area contributed by atoms with Crippen molar-refractivity contribution in [3.63, 3.8) is 0 Å². The lowest BCUT2D eigenvalue weighted by Crippen LogP contribution is -2.19. The van der Waals surface area contributed by atoms with Gasteiger partial charge in [0.1, 0.15) is 10.5 Å². The summed E-state index contributed by atoms with van der Waals surface area (Å²) in [5.74, 6) is -1.46. The molecule has 1 atom stereocenters. The van der Waals surface area contributed by atoms with Crippen LogP contribution in [0, 0.1) is 0 Å². The van der Waals surface area contributed by atoms with Gasteiger partial charge in [0.15, 0.2) is 15.6 Å². The van der Waals surface area contributed by atoms with E-state index in [0.717, 1.165) is 0 Å². The summed E-state index contributed by atoms with van der Waals surface area (Å²) in [6.45, 7) is 3.46.